The molecule has 1 aliphatic heterocycles. The van der Waals surface area contributed by atoms with E-state index >= 15 is 0 Å². The molecular formula is C30H31N5O4S. The highest BCUT2D eigenvalue weighted by Crippen LogP contribution is 2.29. The van der Waals surface area contributed by atoms with Gasteiger partial charge in [0.15, 0.2) is 11.0 Å². The molecule has 1 N–H and O–H groups in total. The maximum atomic E-state index is 13.1. The molecule has 5 rings (SSSR count). The predicted octanol–water partition coefficient (Wildman–Crippen LogP) is 4.21. The van der Waals surface area contributed by atoms with E-state index in [4.69, 9.17) is 9.47 Å². The highest BCUT2D eigenvalue weighted by molar-refractivity contribution is 7.99. The second kappa shape index (κ2) is 12.7. The number of benzene rings is 3. The van der Waals surface area contributed by atoms with Crippen molar-refractivity contribution < 1.29 is 19.1 Å². The number of rotatable bonds is 11. The standard InChI is InChI=1S/C30H31N5O4S/c1-3-39-25-14-10-23(11-15-25)35-27(19-31-28(36)18-21-8-12-24(38-2)13-9-21)32-33-30(35)40-20-29(37)34-17-16-22-6-4-5-7-26(22)34/h4-15H,3,16-20H2,1-2H3,(H,31,36). The van der Waals surface area contributed by atoms with Crippen molar-refractivity contribution in [3.63, 3.8) is 0 Å². The van der Waals surface area contributed by atoms with Gasteiger partial charge in [-0.1, -0.05) is 42.1 Å². The number of fused-ring (bicyclic) bond motifs is 1. The number of aromatic nitrogens is 3. The van der Waals surface area contributed by atoms with Gasteiger partial charge in [0.25, 0.3) is 0 Å². The molecule has 9 nitrogen and oxygen atoms in total. The molecule has 0 atom stereocenters. The van der Waals surface area contributed by atoms with Gasteiger partial charge in [-0.3, -0.25) is 14.2 Å². The van der Waals surface area contributed by atoms with Crippen molar-refractivity contribution in [2.75, 3.05) is 30.9 Å². The van der Waals surface area contributed by atoms with Crippen LogP contribution in [0.3, 0.4) is 0 Å². The van der Waals surface area contributed by atoms with Gasteiger partial charge in [-0.2, -0.15) is 0 Å². The molecule has 3 aromatic carbocycles. The molecule has 4 aromatic rings. The van der Waals surface area contributed by atoms with Gasteiger partial charge >= 0.3 is 0 Å². The molecule has 0 radical (unpaired) electrons. The van der Waals surface area contributed by atoms with Crippen LogP contribution in [0.2, 0.25) is 0 Å². The minimum Gasteiger partial charge on any atom is -0.497 e. The molecular weight excluding hydrogens is 526 g/mol. The van der Waals surface area contributed by atoms with E-state index in [-0.39, 0.29) is 30.5 Å². The molecule has 40 heavy (non-hydrogen) atoms. The van der Waals surface area contributed by atoms with Crippen LogP contribution in [0.1, 0.15) is 23.9 Å². The average molecular weight is 558 g/mol. The number of ether oxygens (including phenoxy) is 2. The molecule has 0 aliphatic carbocycles. The number of carbonyl (C=O) groups excluding carboxylic acids is 2. The van der Waals surface area contributed by atoms with E-state index in [2.05, 4.69) is 21.6 Å². The van der Waals surface area contributed by atoms with E-state index in [0.717, 1.165) is 34.9 Å². The smallest absolute Gasteiger partial charge is 0.237 e. The van der Waals surface area contributed by atoms with E-state index < -0.39 is 0 Å². The summed E-state index contributed by atoms with van der Waals surface area (Å²) in [6.07, 6.45) is 1.09. The molecule has 2 heterocycles. The van der Waals surface area contributed by atoms with Crippen molar-refractivity contribution >= 4 is 29.3 Å². The highest BCUT2D eigenvalue weighted by Gasteiger charge is 2.25. The Morgan fingerprint density at radius 1 is 0.975 bits per heavy atom. The fraction of sp³-hybridized carbons (Fsp3) is 0.267. The lowest BCUT2D eigenvalue weighted by atomic mass is 10.1. The Morgan fingerprint density at radius 3 is 2.48 bits per heavy atom. The number of nitrogens with zero attached hydrogens (tertiary/aromatic N) is 4. The lowest BCUT2D eigenvalue weighted by Gasteiger charge is -2.17. The summed E-state index contributed by atoms with van der Waals surface area (Å²) >= 11 is 1.33. The lowest BCUT2D eigenvalue weighted by molar-refractivity contribution is -0.120. The molecule has 1 aliphatic rings. The molecule has 10 heteroatoms. The molecule has 1 aromatic heterocycles. The number of nitrogens with one attached hydrogen (secondary N) is 1. The van der Waals surface area contributed by atoms with Gasteiger partial charge in [-0.05, 0) is 66.9 Å². The largest absolute Gasteiger partial charge is 0.497 e. The summed E-state index contributed by atoms with van der Waals surface area (Å²) in [6.45, 7) is 3.37. The van der Waals surface area contributed by atoms with Gasteiger partial charge in [0.1, 0.15) is 11.5 Å². The summed E-state index contributed by atoms with van der Waals surface area (Å²) in [5.41, 5.74) is 3.85. The van der Waals surface area contributed by atoms with Crippen molar-refractivity contribution in [1.29, 1.82) is 0 Å². The molecule has 0 unspecified atom stereocenters. The molecule has 206 valence electrons. The van der Waals surface area contributed by atoms with Crippen LogP contribution in [-0.2, 0) is 29.0 Å². The first-order valence-corrected chi connectivity index (χ1v) is 14.1. The summed E-state index contributed by atoms with van der Waals surface area (Å²) in [7, 11) is 1.61. The number of para-hydroxylation sites is 1. The van der Waals surface area contributed by atoms with Crippen LogP contribution in [0.5, 0.6) is 11.5 Å². The SMILES string of the molecule is CCOc1ccc(-n2c(CNC(=O)Cc3ccc(OC)cc3)nnc2SCC(=O)N2CCc3ccccc32)cc1. The third-order valence-electron chi connectivity index (χ3n) is 6.59. The van der Waals surface area contributed by atoms with E-state index in [0.29, 0.717) is 24.1 Å². The third kappa shape index (κ3) is 6.28. The minimum atomic E-state index is -0.136. The van der Waals surface area contributed by atoms with E-state index in [1.807, 2.05) is 83.1 Å². The Morgan fingerprint density at radius 2 is 1.73 bits per heavy atom. The zero-order valence-corrected chi connectivity index (χ0v) is 23.3. The van der Waals surface area contributed by atoms with Crippen LogP contribution in [0.15, 0.2) is 78.0 Å². The topological polar surface area (TPSA) is 98.6 Å². The van der Waals surface area contributed by atoms with Crippen LogP contribution in [0, 0.1) is 0 Å². The normalized spacial score (nSPS) is 12.2. The van der Waals surface area contributed by atoms with E-state index in [9.17, 15) is 9.59 Å². The summed E-state index contributed by atoms with van der Waals surface area (Å²) in [4.78, 5) is 27.7. The first-order chi connectivity index (χ1) is 19.6. The number of methoxy groups -OCH3 is 1. The number of thioether (sulfide) groups is 1. The first kappa shape index (κ1) is 27.3. The zero-order chi connectivity index (χ0) is 27.9. The minimum absolute atomic E-state index is 0.0190. The van der Waals surface area contributed by atoms with Crippen LogP contribution in [0.25, 0.3) is 5.69 Å². The molecule has 2 amide bonds. The molecule has 0 bridgehead atoms. The Labute approximate surface area is 237 Å². The molecule has 0 spiro atoms. The second-order valence-corrected chi connectivity index (χ2v) is 10.1. The van der Waals surface area contributed by atoms with Crippen LogP contribution < -0.4 is 19.7 Å². The summed E-state index contributed by atoms with van der Waals surface area (Å²) in [6, 6.07) is 23.0. The predicted molar refractivity (Wildman–Crippen MR) is 154 cm³/mol. The first-order valence-electron chi connectivity index (χ1n) is 13.1. The van der Waals surface area contributed by atoms with E-state index in [1.54, 1.807) is 7.11 Å². The maximum Gasteiger partial charge on any atom is 0.237 e. The van der Waals surface area contributed by atoms with E-state index in [1.165, 1.54) is 17.3 Å². The summed E-state index contributed by atoms with van der Waals surface area (Å²) in [5, 5.41) is 12.3. The lowest BCUT2D eigenvalue weighted by Crippen LogP contribution is -2.30. The van der Waals surface area contributed by atoms with Crippen LogP contribution in [-0.4, -0.2) is 52.6 Å². The number of hydrogen-bond acceptors (Lipinski definition) is 7. The van der Waals surface area contributed by atoms with Gasteiger partial charge in [0, 0.05) is 17.9 Å². The second-order valence-electron chi connectivity index (χ2n) is 9.18. The third-order valence-corrected chi connectivity index (χ3v) is 7.50. The summed E-state index contributed by atoms with van der Waals surface area (Å²) in [5.74, 6) is 2.16. The highest BCUT2D eigenvalue weighted by atomic mass is 32.2. The van der Waals surface area contributed by atoms with Crippen molar-refractivity contribution in [2.24, 2.45) is 0 Å². The Balaban J connectivity index is 1.30. The molecule has 0 saturated carbocycles. The number of carbonyl (C=O) groups is 2. The van der Waals surface area contributed by atoms with Crippen LogP contribution >= 0.6 is 11.8 Å². The van der Waals surface area contributed by atoms with Gasteiger partial charge < -0.3 is 19.7 Å². The Bertz CT molecular complexity index is 1470. The Hall–Kier alpha value is -4.31. The number of amides is 2. The van der Waals surface area contributed by atoms with Crippen molar-refractivity contribution in [2.45, 2.75) is 31.5 Å². The van der Waals surface area contributed by atoms with Crippen molar-refractivity contribution in [3.8, 4) is 17.2 Å². The monoisotopic (exact) mass is 557 g/mol. The maximum absolute atomic E-state index is 13.1. The summed E-state index contributed by atoms with van der Waals surface area (Å²) < 4.78 is 12.7. The van der Waals surface area contributed by atoms with Gasteiger partial charge in [0.2, 0.25) is 11.8 Å². The number of hydrogen-bond donors (Lipinski definition) is 1. The Kier molecular flexibility index (Phi) is 8.65. The molecule has 0 saturated heterocycles. The van der Waals surface area contributed by atoms with Crippen molar-refractivity contribution in [3.05, 3.63) is 89.7 Å². The van der Waals surface area contributed by atoms with Crippen LogP contribution in [0.4, 0.5) is 5.69 Å². The van der Waals surface area contributed by atoms with Gasteiger partial charge in [0.05, 0.1) is 32.4 Å². The molecule has 0 fully saturated rings. The van der Waals surface area contributed by atoms with Crippen molar-refractivity contribution in [1.82, 2.24) is 20.1 Å². The zero-order valence-electron chi connectivity index (χ0n) is 22.5. The fourth-order valence-electron chi connectivity index (χ4n) is 4.60. The van der Waals surface area contributed by atoms with Gasteiger partial charge in [-0.25, -0.2) is 0 Å². The number of anilines is 1. The quantitative estimate of drug-likeness (QED) is 0.276. The van der Waals surface area contributed by atoms with Gasteiger partial charge in [-0.15, -0.1) is 10.2 Å². The fourth-order valence-corrected chi connectivity index (χ4v) is 5.44. The average Bonchev–Trinajstić information content (AvgIpc) is 3.60.